The summed E-state index contributed by atoms with van der Waals surface area (Å²) in [5, 5.41) is 0. The Morgan fingerprint density at radius 1 is 1.08 bits per heavy atom. The number of piperazine rings is 1. The van der Waals surface area contributed by atoms with Crippen LogP contribution in [0.25, 0.3) is 0 Å². The summed E-state index contributed by atoms with van der Waals surface area (Å²) in [7, 11) is -3.14. The number of rotatable bonds is 4. The predicted molar refractivity (Wildman–Crippen MR) is 102 cm³/mol. The Labute approximate surface area is 156 Å². The molecule has 144 valence electrons. The maximum absolute atomic E-state index is 12.8. The van der Waals surface area contributed by atoms with E-state index in [-0.39, 0.29) is 11.8 Å². The Kier molecular flexibility index (Phi) is 5.99. The van der Waals surface area contributed by atoms with Crippen molar-refractivity contribution in [2.24, 2.45) is 5.92 Å². The number of benzene rings is 1. The van der Waals surface area contributed by atoms with Gasteiger partial charge in [0.15, 0.2) is 0 Å². The highest BCUT2D eigenvalue weighted by molar-refractivity contribution is 7.88. The second-order valence-electron chi connectivity index (χ2n) is 7.53. The van der Waals surface area contributed by atoms with Crippen molar-refractivity contribution in [3.05, 3.63) is 35.4 Å². The van der Waals surface area contributed by atoms with Gasteiger partial charge >= 0.3 is 0 Å². The third-order valence-corrected chi connectivity index (χ3v) is 6.75. The van der Waals surface area contributed by atoms with E-state index >= 15 is 0 Å². The Hall–Kier alpha value is -1.44. The van der Waals surface area contributed by atoms with E-state index in [1.165, 1.54) is 21.7 Å². The van der Waals surface area contributed by atoms with Crippen LogP contribution in [0.3, 0.4) is 0 Å². The van der Waals surface area contributed by atoms with Crippen LogP contribution in [-0.2, 0) is 21.4 Å². The first-order valence-electron chi connectivity index (χ1n) is 9.35. The summed E-state index contributed by atoms with van der Waals surface area (Å²) >= 11 is 0. The van der Waals surface area contributed by atoms with Crippen LogP contribution in [0.4, 0.5) is 0 Å². The number of hydrogen-bond donors (Lipinski definition) is 0. The SMILES string of the molecule is Cc1cccc(CN2CCN(C(=O)C3CCN(S(C)(=O)=O)CC3)CC2)c1. The molecule has 0 unspecified atom stereocenters. The Morgan fingerprint density at radius 2 is 1.73 bits per heavy atom. The van der Waals surface area contributed by atoms with Crippen molar-refractivity contribution < 1.29 is 13.2 Å². The van der Waals surface area contributed by atoms with Gasteiger partial charge in [-0.15, -0.1) is 0 Å². The number of nitrogens with zero attached hydrogens (tertiary/aromatic N) is 3. The summed E-state index contributed by atoms with van der Waals surface area (Å²) in [6.45, 7) is 7.26. The zero-order valence-electron chi connectivity index (χ0n) is 15.7. The molecule has 1 aromatic carbocycles. The predicted octanol–water partition coefficient (Wildman–Crippen LogP) is 1.31. The first kappa shape index (κ1) is 19.3. The third kappa shape index (κ3) is 4.84. The lowest BCUT2D eigenvalue weighted by Crippen LogP contribution is -2.51. The molecular weight excluding hydrogens is 350 g/mol. The highest BCUT2D eigenvalue weighted by atomic mass is 32.2. The molecule has 0 aliphatic carbocycles. The lowest BCUT2D eigenvalue weighted by atomic mass is 9.96. The van der Waals surface area contributed by atoms with Gasteiger partial charge in [-0.2, -0.15) is 0 Å². The molecule has 0 aromatic heterocycles. The van der Waals surface area contributed by atoms with Gasteiger partial charge < -0.3 is 4.90 Å². The molecule has 2 fully saturated rings. The molecule has 1 amide bonds. The summed E-state index contributed by atoms with van der Waals surface area (Å²) in [5.41, 5.74) is 2.59. The zero-order chi connectivity index (χ0) is 18.7. The molecule has 0 N–H and O–H groups in total. The molecule has 0 radical (unpaired) electrons. The first-order valence-corrected chi connectivity index (χ1v) is 11.2. The average Bonchev–Trinajstić information content (AvgIpc) is 2.61. The van der Waals surface area contributed by atoms with Crippen molar-refractivity contribution in [2.75, 3.05) is 45.5 Å². The number of amides is 1. The van der Waals surface area contributed by atoms with Gasteiger partial charge in [-0.1, -0.05) is 29.8 Å². The average molecular weight is 380 g/mol. The molecule has 0 saturated carbocycles. The van der Waals surface area contributed by atoms with Crippen LogP contribution in [0.15, 0.2) is 24.3 Å². The molecule has 0 spiro atoms. The fraction of sp³-hybridized carbons (Fsp3) is 0.632. The fourth-order valence-electron chi connectivity index (χ4n) is 3.89. The normalized spacial score (nSPS) is 21.1. The van der Waals surface area contributed by atoms with Crippen molar-refractivity contribution in [2.45, 2.75) is 26.3 Å². The van der Waals surface area contributed by atoms with E-state index in [0.717, 1.165) is 32.7 Å². The van der Waals surface area contributed by atoms with Gasteiger partial charge in [0.2, 0.25) is 15.9 Å². The number of aryl methyl sites for hydroxylation is 1. The van der Waals surface area contributed by atoms with Gasteiger partial charge in [-0.3, -0.25) is 9.69 Å². The molecule has 26 heavy (non-hydrogen) atoms. The number of carbonyl (C=O) groups is 1. The Balaban J connectivity index is 1.47. The molecule has 0 bridgehead atoms. The largest absolute Gasteiger partial charge is 0.340 e. The fourth-order valence-corrected chi connectivity index (χ4v) is 4.76. The minimum atomic E-state index is -3.14. The Morgan fingerprint density at radius 3 is 2.31 bits per heavy atom. The maximum atomic E-state index is 12.8. The van der Waals surface area contributed by atoms with Gasteiger partial charge in [0.05, 0.1) is 6.26 Å². The van der Waals surface area contributed by atoms with Crippen molar-refractivity contribution in [3.8, 4) is 0 Å². The minimum Gasteiger partial charge on any atom is -0.340 e. The maximum Gasteiger partial charge on any atom is 0.225 e. The van der Waals surface area contributed by atoms with Gasteiger partial charge in [-0.25, -0.2) is 12.7 Å². The first-order chi connectivity index (χ1) is 12.3. The molecule has 2 aliphatic rings. The second-order valence-corrected chi connectivity index (χ2v) is 9.51. The van der Waals surface area contributed by atoms with E-state index in [1.54, 1.807) is 0 Å². The van der Waals surface area contributed by atoms with E-state index < -0.39 is 10.0 Å². The van der Waals surface area contributed by atoms with Crippen molar-refractivity contribution in [1.82, 2.24) is 14.1 Å². The molecule has 7 heteroatoms. The van der Waals surface area contributed by atoms with Crippen LogP contribution in [0.2, 0.25) is 0 Å². The monoisotopic (exact) mass is 379 g/mol. The van der Waals surface area contributed by atoms with E-state index in [1.807, 2.05) is 4.90 Å². The van der Waals surface area contributed by atoms with Crippen molar-refractivity contribution in [3.63, 3.8) is 0 Å². The number of carbonyl (C=O) groups excluding carboxylic acids is 1. The molecule has 6 nitrogen and oxygen atoms in total. The van der Waals surface area contributed by atoms with Crippen molar-refractivity contribution in [1.29, 1.82) is 0 Å². The quantitative estimate of drug-likeness (QED) is 0.791. The molecule has 2 aliphatic heterocycles. The van der Waals surface area contributed by atoms with E-state index in [0.29, 0.717) is 25.9 Å². The summed E-state index contributed by atoms with van der Waals surface area (Å²) in [6, 6.07) is 8.57. The van der Waals surface area contributed by atoms with Gasteiger partial charge in [0, 0.05) is 51.7 Å². The summed E-state index contributed by atoms with van der Waals surface area (Å²) < 4.78 is 24.7. The number of hydrogen-bond acceptors (Lipinski definition) is 4. The Bertz CT molecular complexity index is 734. The molecular formula is C19H29N3O3S. The summed E-state index contributed by atoms with van der Waals surface area (Å²) in [5.74, 6) is 0.171. The van der Waals surface area contributed by atoms with E-state index in [4.69, 9.17) is 0 Å². The number of piperidine rings is 1. The van der Waals surface area contributed by atoms with Gasteiger partial charge in [0.1, 0.15) is 0 Å². The lowest BCUT2D eigenvalue weighted by molar-refractivity contribution is -0.138. The van der Waals surface area contributed by atoms with Gasteiger partial charge in [-0.05, 0) is 25.3 Å². The topological polar surface area (TPSA) is 60.9 Å². The minimum absolute atomic E-state index is 0.0312. The van der Waals surface area contributed by atoms with Crippen LogP contribution in [0.5, 0.6) is 0 Å². The number of sulfonamides is 1. The smallest absolute Gasteiger partial charge is 0.225 e. The highest BCUT2D eigenvalue weighted by Crippen LogP contribution is 2.22. The molecule has 2 heterocycles. The zero-order valence-corrected chi connectivity index (χ0v) is 16.5. The lowest BCUT2D eigenvalue weighted by Gasteiger charge is -2.38. The summed E-state index contributed by atoms with van der Waals surface area (Å²) in [6.07, 6.45) is 2.51. The standard InChI is InChI=1S/C19H29N3O3S/c1-16-4-3-5-17(14-16)15-20-10-12-21(13-11-20)19(23)18-6-8-22(9-7-18)26(2,24)25/h3-5,14,18H,6-13,15H2,1-2H3. The molecule has 2 saturated heterocycles. The van der Waals surface area contributed by atoms with Crippen LogP contribution >= 0.6 is 0 Å². The molecule has 1 aromatic rings. The van der Waals surface area contributed by atoms with Crippen molar-refractivity contribution >= 4 is 15.9 Å². The van der Waals surface area contributed by atoms with E-state index in [9.17, 15) is 13.2 Å². The highest BCUT2D eigenvalue weighted by Gasteiger charge is 2.32. The van der Waals surface area contributed by atoms with Crippen LogP contribution < -0.4 is 0 Å². The summed E-state index contributed by atoms with van der Waals surface area (Å²) in [4.78, 5) is 17.1. The second kappa shape index (κ2) is 8.06. The van der Waals surface area contributed by atoms with Gasteiger partial charge in [0.25, 0.3) is 0 Å². The van der Waals surface area contributed by atoms with Crippen LogP contribution in [0, 0.1) is 12.8 Å². The van der Waals surface area contributed by atoms with Crippen LogP contribution in [0.1, 0.15) is 24.0 Å². The molecule has 3 rings (SSSR count). The van der Waals surface area contributed by atoms with E-state index in [2.05, 4.69) is 36.1 Å². The molecule has 0 atom stereocenters. The van der Waals surface area contributed by atoms with Crippen LogP contribution in [-0.4, -0.2) is 74.0 Å². The third-order valence-electron chi connectivity index (χ3n) is 5.44.